The molecule has 2 aliphatic carbocycles. The Balaban J connectivity index is 1.95. The van der Waals surface area contributed by atoms with Gasteiger partial charge in [-0.3, -0.25) is 9.59 Å². The number of hydrogen-bond acceptors (Lipinski definition) is 5. The fourth-order valence-corrected chi connectivity index (χ4v) is 5.66. The Labute approximate surface area is 138 Å². The van der Waals surface area contributed by atoms with Crippen LogP contribution in [0.15, 0.2) is 0 Å². The average Bonchev–Trinajstić information content (AvgIpc) is 3.21. The van der Waals surface area contributed by atoms with Crippen LogP contribution in [0.25, 0.3) is 0 Å². The Kier molecular flexibility index (Phi) is 3.79. The Morgan fingerprint density at radius 1 is 1.13 bits per heavy atom. The van der Waals surface area contributed by atoms with Gasteiger partial charge in [0.1, 0.15) is 11.7 Å². The van der Waals surface area contributed by atoms with Crippen molar-refractivity contribution < 1.29 is 23.8 Å². The molecular formula is C18H28O5. The Morgan fingerprint density at radius 2 is 1.78 bits per heavy atom. The number of carbonyl (C=O) groups is 2. The van der Waals surface area contributed by atoms with Gasteiger partial charge in [-0.05, 0) is 37.0 Å². The van der Waals surface area contributed by atoms with Crippen molar-refractivity contribution in [3.05, 3.63) is 0 Å². The van der Waals surface area contributed by atoms with E-state index in [1.54, 1.807) is 0 Å². The minimum absolute atomic E-state index is 0.0921. The number of hydrogen-bond donors (Lipinski definition) is 0. The lowest BCUT2D eigenvalue weighted by atomic mass is 9.45. The lowest BCUT2D eigenvalue weighted by molar-refractivity contribution is -0.194. The molecule has 23 heavy (non-hydrogen) atoms. The first-order valence-electron chi connectivity index (χ1n) is 8.56. The van der Waals surface area contributed by atoms with E-state index in [2.05, 4.69) is 20.8 Å². The lowest BCUT2D eigenvalue weighted by Crippen LogP contribution is -2.61. The van der Waals surface area contributed by atoms with E-state index in [0.717, 1.165) is 25.7 Å². The van der Waals surface area contributed by atoms with Crippen LogP contribution in [0, 0.1) is 22.7 Å². The fourth-order valence-electron chi connectivity index (χ4n) is 5.66. The molecule has 5 atom stereocenters. The molecule has 0 unspecified atom stereocenters. The van der Waals surface area contributed by atoms with Gasteiger partial charge in [0.2, 0.25) is 0 Å². The van der Waals surface area contributed by atoms with Crippen molar-refractivity contribution in [3.63, 3.8) is 0 Å². The average molecular weight is 324 g/mol. The highest BCUT2D eigenvalue weighted by atomic mass is 16.6. The number of ether oxygens (including phenoxy) is 3. The third kappa shape index (κ3) is 2.39. The van der Waals surface area contributed by atoms with Crippen LogP contribution >= 0.6 is 0 Å². The van der Waals surface area contributed by atoms with Crippen LogP contribution in [0.1, 0.15) is 53.4 Å². The molecule has 130 valence electrons. The highest BCUT2D eigenvalue weighted by Crippen LogP contribution is 2.65. The monoisotopic (exact) mass is 324 g/mol. The summed E-state index contributed by atoms with van der Waals surface area (Å²) in [6, 6.07) is 0. The molecule has 5 heteroatoms. The van der Waals surface area contributed by atoms with Crippen molar-refractivity contribution in [1.29, 1.82) is 0 Å². The van der Waals surface area contributed by atoms with Gasteiger partial charge in [0, 0.05) is 12.3 Å². The van der Waals surface area contributed by atoms with Gasteiger partial charge in [0.15, 0.2) is 0 Å². The molecule has 3 fully saturated rings. The maximum atomic E-state index is 12.6. The molecule has 1 spiro atoms. The minimum atomic E-state index is -0.317. The zero-order valence-electron chi connectivity index (χ0n) is 14.8. The third-order valence-corrected chi connectivity index (χ3v) is 6.77. The first-order chi connectivity index (χ1) is 10.7. The van der Waals surface area contributed by atoms with Gasteiger partial charge in [-0.25, -0.2) is 0 Å². The van der Waals surface area contributed by atoms with Gasteiger partial charge in [-0.1, -0.05) is 20.8 Å². The topological polar surface area (TPSA) is 65.1 Å². The Morgan fingerprint density at radius 3 is 2.30 bits per heavy atom. The first-order valence-corrected chi connectivity index (χ1v) is 8.56. The van der Waals surface area contributed by atoms with E-state index < -0.39 is 0 Å². The molecule has 3 rings (SSSR count). The van der Waals surface area contributed by atoms with E-state index in [4.69, 9.17) is 14.2 Å². The molecule has 0 amide bonds. The van der Waals surface area contributed by atoms with Gasteiger partial charge in [-0.15, -0.1) is 0 Å². The highest BCUT2D eigenvalue weighted by Gasteiger charge is 2.69. The summed E-state index contributed by atoms with van der Waals surface area (Å²) in [7, 11) is 1.46. The summed E-state index contributed by atoms with van der Waals surface area (Å²) in [6.07, 6.45) is 3.41. The quantitative estimate of drug-likeness (QED) is 0.577. The zero-order valence-corrected chi connectivity index (χ0v) is 14.8. The maximum Gasteiger partial charge on any atom is 0.312 e. The van der Waals surface area contributed by atoms with Gasteiger partial charge < -0.3 is 14.2 Å². The summed E-state index contributed by atoms with van der Waals surface area (Å²) >= 11 is 0. The molecule has 0 N–H and O–H groups in total. The van der Waals surface area contributed by atoms with Crippen LogP contribution in [0.2, 0.25) is 0 Å². The predicted molar refractivity (Wildman–Crippen MR) is 83.6 cm³/mol. The molecule has 0 radical (unpaired) electrons. The van der Waals surface area contributed by atoms with Crippen molar-refractivity contribution in [1.82, 2.24) is 0 Å². The first kappa shape index (κ1) is 16.7. The highest BCUT2D eigenvalue weighted by molar-refractivity contribution is 5.76. The lowest BCUT2D eigenvalue weighted by Gasteiger charge is -2.59. The van der Waals surface area contributed by atoms with Crippen molar-refractivity contribution in [2.75, 3.05) is 13.7 Å². The molecule has 0 aromatic carbocycles. The summed E-state index contributed by atoms with van der Waals surface area (Å²) < 4.78 is 16.5. The van der Waals surface area contributed by atoms with Crippen molar-refractivity contribution >= 4 is 11.9 Å². The van der Waals surface area contributed by atoms with Crippen LogP contribution in [-0.2, 0) is 23.8 Å². The van der Waals surface area contributed by atoms with E-state index >= 15 is 0 Å². The van der Waals surface area contributed by atoms with E-state index in [9.17, 15) is 9.59 Å². The smallest absolute Gasteiger partial charge is 0.312 e. The molecule has 0 aromatic heterocycles. The van der Waals surface area contributed by atoms with Gasteiger partial charge in [-0.2, -0.15) is 0 Å². The van der Waals surface area contributed by atoms with E-state index in [0.29, 0.717) is 12.5 Å². The Bertz CT molecular complexity index is 522. The number of methoxy groups -OCH3 is 1. The van der Waals surface area contributed by atoms with Crippen LogP contribution in [0.5, 0.6) is 0 Å². The minimum Gasteiger partial charge on any atom is -0.469 e. The molecule has 1 saturated heterocycles. The Hall–Kier alpha value is -1.10. The SMILES string of the molecule is COC(=O)[C@H]1[C@]2(CC[C@H]3C(C)(C)[C@@H](OC(C)=O)CC[C@@]31C)CO2. The second kappa shape index (κ2) is 5.20. The molecular weight excluding hydrogens is 296 g/mol. The molecule has 2 saturated carbocycles. The summed E-state index contributed by atoms with van der Waals surface area (Å²) in [5, 5.41) is 0. The van der Waals surface area contributed by atoms with E-state index in [1.807, 2.05) is 0 Å². The molecule has 3 aliphatic rings. The number of fused-ring (bicyclic) bond motifs is 1. The summed E-state index contributed by atoms with van der Waals surface area (Å²) in [6.45, 7) is 8.66. The standard InChI is InChI=1S/C18H28O5/c1-11(19)23-13-7-8-17(4)12(16(13,2)3)6-9-18(10-22-18)14(17)15(20)21-5/h12-14H,6-10H2,1-5H3/t12-,13-,14+,17-,18-/m0/s1. The molecule has 1 aliphatic heterocycles. The molecule has 0 aromatic rings. The van der Waals surface area contributed by atoms with Crippen LogP contribution in [0.3, 0.4) is 0 Å². The largest absolute Gasteiger partial charge is 0.469 e. The van der Waals surface area contributed by atoms with E-state index in [-0.39, 0.29) is 40.4 Å². The maximum absolute atomic E-state index is 12.6. The van der Waals surface area contributed by atoms with Crippen LogP contribution in [-0.4, -0.2) is 37.4 Å². The number of epoxide rings is 1. The normalized spacial score (nSPS) is 44.3. The second-order valence-electron chi connectivity index (χ2n) is 8.36. The summed E-state index contributed by atoms with van der Waals surface area (Å²) in [4.78, 5) is 24.0. The molecule has 0 bridgehead atoms. The van der Waals surface area contributed by atoms with Crippen LogP contribution < -0.4 is 0 Å². The van der Waals surface area contributed by atoms with Gasteiger partial charge in [0.05, 0.1) is 19.6 Å². The predicted octanol–water partition coefficient (Wildman–Crippen LogP) is 2.71. The van der Waals surface area contributed by atoms with Crippen molar-refractivity contribution in [2.24, 2.45) is 22.7 Å². The van der Waals surface area contributed by atoms with E-state index in [1.165, 1.54) is 14.0 Å². The second-order valence-corrected chi connectivity index (χ2v) is 8.36. The number of rotatable bonds is 2. The zero-order chi connectivity index (χ0) is 17.0. The van der Waals surface area contributed by atoms with Crippen LogP contribution in [0.4, 0.5) is 0 Å². The third-order valence-electron chi connectivity index (χ3n) is 6.77. The number of esters is 2. The van der Waals surface area contributed by atoms with Gasteiger partial charge in [0.25, 0.3) is 0 Å². The number of carbonyl (C=O) groups excluding carboxylic acids is 2. The van der Waals surface area contributed by atoms with Gasteiger partial charge >= 0.3 is 11.9 Å². The van der Waals surface area contributed by atoms with Crippen molar-refractivity contribution in [3.8, 4) is 0 Å². The molecule has 1 heterocycles. The fraction of sp³-hybridized carbons (Fsp3) is 0.889. The molecule has 5 nitrogen and oxygen atoms in total. The summed E-state index contributed by atoms with van der Waals surface area (Å²) in [5.74, 6) is -0.311. The summed E-state index contributed by atoms with van der Waals surface area (Å²) in [5.41, 5.74) is -0.661. The van der Waals surface area contributed by atoms with Crippen molar-refractivity contribution in [2.45, 2.75) is 65.1 Å².